The number of benzene rings is 1. The molecule has 1 aromatic carbocycles. The van der Waals surface area contributed by atoms with Crippen molar-refractivity contribution in [3.63, 3.8) is 0 Å². The molecule has 2 rings (SSSR count). The summed E-state index contributed by atoms with van der Waals surface area (Å²) in [5.74, 6) is 1.22. The van der Waals surface area contributed by atoms with Crippen LogP contribution in [-0.2, 0) is 4.79 Å². The molecule has 0 radical (unpaired) electrons. The van der Waals surface area contributed by atoms with E-state index in [9.17, 15) is 4.79 Å². The summed E-state index contributed by atoms with van der Waals surface area (Å²) < 4.78 is 11.7. The van der Waals surface area contributed by atoms with Crippen LogP contribution in [0.15, 0.2) is 26.5 Å². The Hall–Kier alpha value is -1.47. The molecule has 0 unspecified atom stereocenters. The molecule has 118 valence electrons. The third-order valence-electron chi connectivity index (χ3n) is 3.03. The lowest BCUT2D eigenvalue weighted by Gasteiger charge is -2.12. The highest BCUT2D eigenvalue weighted by Crippen LogP contribution is 2.38. The molecule has 0 aromatic heterocycles. The number of halogens is 1. The molecule has 1 fully saturated rings. The highest BCUT2D eigenvalue weighted by atomic mass is 79.9. The minimum Gasteiger partial charge on any atom is -0.493 e. The maximum absolute atomic E-state index is 12.2. The van der Waals surface area contributed by atoms with Crippen molar-refractivity contribution in [1.29, 1.82) is 0 Å². The Bertz CT molecular complexity index is 658. The first-order valence-corrected chi connectivity index (χ1v) is 8.27. The molecule has 0 spiro atoms. The molecule has 22 heavy (non-hydrogen) atoms. The number of likely N-dealkylation sites (N-methyl/N-ethyl adjacent to an activating group) is 1. The lowest BCUT2D eigenvalue weighted by molar-refractivity contribution is -0.121. The summed E-state index contributed by atoms with van der Waals surface area (Å²) >= 11 is 4.84. The molecular weight excluding hydrogens is 368 g/mol. The summed E-state index contributed by atoms with van der Waals surface area (Å²) in [6.07, 6.45) is 1.82. The van der Waals surface area contributed by atoms with Crippen molar-refractivity contribution in [2.24, 2.45) is 4.99 Å². The molecule has 1 heterocycles. The lowest BCUT2D eigenvalue weighted by Crippen LogP contribution is -2.23. The molecule has 1 aliphatic heterocycles. The van der Waals surface area contributed by atoms with Gasteiger partial charge in [0.2, 0.25) is 0 Å². The highest BCUT2D eigenvalue weighted by Gasteiger charge is 2.29. The van der Waals surface area contributed by atoms with Gasteiger partial charge in [-0.2, -0.15) is 0 Å². The Kier molecular flexibility index (Phi) is 5.52. The molecule has 0 atom stereocenters. The van der Waals surface area contributed by atoms with Crippen LogP contribution >= 0.6 is 27.7 Å². The van der Waals surface area contributed by atoms with Crippen LogP contribution in [0.2, 0.25) is 0 Å². The number of ether oxygens (including phenoxy) is 2. The zero-order chi connectivity index (χ0) is 16.3. The van der Waals surface area contributed by atoms with Crippen LogP contribution in [0.4, 0.5) is 0 Å². The van der Waals surface area contributed by atoms with Crippen LogP contribution in [0, 0.1) is 0 Å². The van der Waals surface area contributed by atoms with Crippen molar-refractivity contribution in [3.8, 4) is 11.5 Å². The van der Waals surface area contributed by atoms with Gasteiger partial charge in [0.1, 0.15) is 0 Å². The van der Waals surface area contributed by atoms with Crippen molar-refractivity contribution in [3.05, 3.63) is 27.1 Å². The Morgan fingerprint density at radius 2 is 2.18 bits per heavy atom. The summed E-state index contributed by atoms with van der Waals surface area (Å²) in [6.45, 7) is 2.46. The minimum absolute atomic E-state index is 0.0606. The normalized spacial score (nSPS) is 18.4. The fourth-order valence-electron chi connectivity index (χ4n) is 2.01. The number of carbonyl (C=O) groups excluding carboxylic acids is 1. The fourth-order valence-corrected chi connectivity index (χ4v) is 3.51. The second kappa shape index (κ2) is 7.19. The Balaban J connectivity index is 2.40. The molecule has 1 aliphatic rings. The van der Waals surface area contributed by atoms with Gasteiger partial charge in [0, 0.05) is 14.1 Å². The highest BCUT2D eigenvalue weighted by molar-refractivity contribution is 9.10. The predicted molar refractivity (Wildman–Crippen MR) is 93.6 cm³/mol. The van der Waals surface area contributed by atoms with Gasteiger partial charge in [0.05, 0.1) is 23.1 Å². The van der Waals surface area contributed by atoms with Crippen molar-refractivity contribution in [2.45, 2.75) is 6.92 Å². The first-order chi connectivity index (χ1) is 10.5. The molecule has 5 nitrogen and oxygen atoms in total. The van der Waals surface area contributed by atoms with Crippen molar-refractivity contribution in [1.82, 2.24) is 4.90 Å². The Morgan fingerprint density at radius 1 is 1.45 bits per heavy atom. The maximum Gasteiger partial charge on any atom is 0.266 e. The number of hydrogen-bond donors (Lipinski definition) is 0. The van der Waals surface area contributed by atoms with Crippen LogP contribution in [0.25, 0.3) is 6.08 Å². The number of methoxy groups -OCH3 is 1. The van der Waals surface area contributed by atoms with E-state index >= 15 is 0 Å². The number of rotatable bonds is 4. The molecule has 1 aromatic rings. The smallest absolute Gasteiger partial charge is 0.266 e. The standard InChI is InChI=1S/C15H17BrN2O3S/c1-5-21-13-10(16)6-9(7-11(13)20-4)8-12-14(19)18(3)15(17-2)22-12/h6-8H,5H2,1-4H3/b12-8+,17-15?. The number of aliphatic imine (C=N–C) groups is 1. The van der Waals surface area contributed by atoms with Gasteiger partial charge in [-0.1, -0.05) is 0 Å². The van der Waals surface area contributed by atoms with Crippen LogP contribution in [0.1, 0.15) is 12.5 Å². The van der Waals surface area contributed by atoms with E-state index < -0.39 is 0 Å². The molecular formula is C15H17BrN2O3S. The van der Waals surface area contributed by atoms with Gasteiger partial charge >= 0.3 is 0 Å². The van der Waals surface area contributed by atoms with Crippen LogP contribution < -0.4 is 9.47 Å². The largest absolute Gasteiger partial charge is 0.493 e. The van der Waals surface area contributed by atoms with E-state index in [1.807, 2.05) is 25.1 Å². The average molecular weight is 385 g/mol. The number of carbonyl (C=O) groups is 1. The zero-order valence-corrected chi connectivity index (χ0v) is 15.2. The molecule has 0 saturated carbocycles. The molecule has 7 heteroatoms. The molecule has 0 N–H and O–H groups in total. The van der Waals surface area contributed by atoms with E-state index in [1.165, 1.54) is 16.7 Å². The molecule has 1 amide bonds. The maximum atomic E-state index is 12.2. The first kappa shape index (κ1) is 16.9. The van der Waals surface area contributed by atoms with Crippen molar-refractivity contribution >= 4 is 44.8 Å². The molecule has 1 saturated heterocycles. The van der Waals surface area contributed by atoms with Gasteiger partial charge in [0.25, 0.3) is 5.91 Å². The van der Waals surface area contributed by atoms with E-state index in [1.54, 1.807) is 21.2 Å². The minimum atomic E-state index is -0.0606. The van der Waals surface area contributed by atoms with Crippen LogP contribution in [0.5, 0.6) is 11.5 Å². The van der Waals surface area contributed by atoms with Crippen molar-refractivity contribution in [2.75, 3.05) is 27.8 Å². The summed E-state index contributed by atoms with van der Waals surface area (Å²) in [4.78, 5) is 18.4. The second-order valence-corrected chi connectivity index (χ2v) is 6.31. The second-order valence-electron chi connectivity index (χ2n) is 4.45. The predicted octanol–water partition coefficient (Wildman–Crippen LogP) is 3.39. The van der Waals surface area contributed by atoms with Crippen molar-refractivity contribution < 1.29 is 14.3 Å². The van der Waals surface area contributed by atoms with Crippen LogP contribution in [-0.4, -0.2) is 43.8 Å². The monoisotopic (exact) mass is 384 g/mol. The third-order valence-corrected chi connectivity index (χ3v) is 4.77. The van der Waals surface area contributed by atoms with Crippen LogP contribution in [0.3, 0.4) is 0 Å². The first-order valence-electron chi connectivity index (χ1n) is 6.66. The third kappa shape index (κ3) is 3.30. The average Bonchev–Trinajstić information content (AvgIpc) is 2.77. The van der Waals surface area contributed by atoms with E-state index in [4.69, 9.17) is 9.47 Å². The number of nitrogens with zero attached hydrogens (tertiary/aromatic N) is 2. The number of hydrogen-bond acceptors (Lipinski definition) is 5. The van der Waals surface area contributed by atoms with E-state index in [2.05, 4.69) is 20.9 Å². The summed E-state index contributed by atoms with van der Waals surface area (Å²) in [5, 5.41) is 0.688. The van der Waals surface area contributed by atoms with Gasteiger partial charge in [-0.25, -0.2) is 0 Å². The Labute approximate surface area is 142 Å². The number of amidine groups is 1. The topological polar surface area (TPSA) is 51.1 Å². The van der Waals surface area contributed by atoms with E-state index in [0.29, 0.717) is 28.2 Å². The van der Waals surface area contributed by atoms with Gasteiger partial charge < -0.3 is 9.47 Å². The van der Waals surface area contributed by atoms with E-state index in [-0.39, 0.29) is 5.91 Å². The SMILES string of the molecule is CCOc1c(Br)cc(/C=C2/SC(=NC)N(C)C2=O)cc1OC. The lowest BCUT2D eigenvalue weighted by atomic mass is 10.2. The van der Waals surface area contributed by atoms with E-state index in [0.717, 1.165) is 10.0 Å². The molecule has 0 aliphatic carbocycles. The van der Waals surface area contributed by atoms with Gasteiger partial charge in [0.15, 0.2) is 16.7 Å². The van der Waals surface area contributed by atoms with Gasteiger partial charge in [-0.05, 0) is 58.4 Å². The zero-order valence-electron chi connectivity index (χ0n) is 12.8. The summed E-state index contributed by atoms with van der Waals surface area (Å²) in [7, 11) is 4.98. The summed E-state index contributed by atoms with van der Waals surface area (Å²) in [5.41, 5.74) is 0.855. The number of amides is 1. The Morgan fingerprint density at radius 3 is 2.73 bits per heavy atom. The molecule has 0 bridgehead atoms. The van der Waals surface area contributed by atoms with Gasteiger partial charge in [-0.15, -0.1) is 0 Å². The van der Waals surface area contributed by atoms with Gasteiger partial charge in [-0.3, -0.25) is 14.7 Å². The summed E-state index contributed by atoms with van der Waals surface area (Å²) in [6, 6.07) is 3.74. The fraction of sp³-hybridized carbons (Fsp3) is 0.333. The number of thioether (sulfide) groups is 1. The quantitative estimate of drug-likeness (QED) is 0.746.